The molecule has 2 atom stereocenters. The van der Waals surface area contributed by atoms with Crippen LogP contribution >= 0.6 is 0 Å². The molecule has 4 heterocycles. The zero-order valence-electron chi connectivity index (χ0n) is 15.3. The van der Waals surface area contributed by atoms with Gasteiger partial charge in [0.25, 0.3) is 5.91 Å². The first kappa shape index (κ1) is 17.2. The number of pyridine rings is 1. The van der Waals surface area contributed by atoms with Crippen molar-refractivity contribution in [1.82, 2.24) is 19.4 Å². The van der Waals surface area contributed by atoms with Crippen molar-refractivity contribution in [2.75, 3.05) is 26.2 Å². The highest BCUT2D eigenvalue weighted by molar-refractivity contribution is 5.92. The highest BCUT2D eigenvalue weighted by atomic mass is 16.5. The quantitative estimate of drug-likeness (QED) is 0.845. The molecule has 2 unspecified atom stereocenters. The molecule has 2 fully saturated rings. The third-order valence-electron chi connectivity index (χ3n) is 5.55. The fourth-order valence-electron chi connectivity index (χ4n) is 4.13. The molecule has 0 N–H and O–H groups in total. The number of hydrogen-bond donors (Lipinski definition) is 0. The smallest absolute Gasteiger partial charge is 0.270 e. The van der Waals surface area contributed by atoms with Crippen LogP contribution in [-0.4, -0.2) is 63.6 Å². The summed E-state index contributed by atoms with van der Waals surface area (Å²) >= 11 is 0. The maximum Gasteiger partial charge on any atom is 0.270 e. The predicted octanol–water partition coefficient (Wildman–Crippen LogP) is 1.93. The molecule has 0 radical (unpaired) electrons. The van der Waals surface area contributed by atoms with Crippen LogP contribution in [0.15, 0.2) is 42.9 Å². The lowest BCUT2D eigenvalue weighted by Crippen LogP contribution is -2.50. The second-order valence-electron chi connectivity index (χ2n) is 7.18. The van der Waals surface area contributed by atoms with Gasteiger partial charge in [-0.25, -0.2) is 0 Å². The molecule has 0 spiro atoms. The van der Waals surface area contributed by atoms with E-state index in [0.29, 0.717) is 6.04 Å². The molecule has 0 saturated carbocycles. The Balaban J connectivity index is 1.45. The SMILES string of the molecule is Cn1cccc1C(=O)N1CCC2OCCN(Cc3cccnc3)C2CC1. The summed E-state index contributed by atoms with van der Waals surface area (Å²) in [7, 11) is 1.92. The summed E-state index contributed by atoms with van der Waals surface area (Å²) in [6.45, 7) is 4.11. The summed E-state index contributed by atoms with van der Waals surface area (Å²) in [5, 5.41) is 0. The number of amides is 1. The summed E-state index contributed by atoms with van der Waals surface area (Å²) in [4.78, 5) is 21.6. The van der Waals surface area contributed by atoms with Crippen LogP contribution in [0.4, 0.5) is 0 Å². The van der Waals surface area contributed by atoms with E-state index in [4.69, 9.17) is 4.74 Å². The van der Waals surface area contributed by atoms with Crippen molar-refractivity contribution in [1.29, 1.82) is 0 Å². The van der Waals surface area contributed by atoms with Crippen LogP contribution in [0.5, 0.6) is 0 Å². The third kappa shape index (κ3) is 3.52. The topological polar surface area (TPSA) is 50.6 Å². The number of carbonyl (C=O) groups is 1. The minimum absolute atomic E-state index is 0.120. The number of ether oxygens (including phenoxy) is 1. The average molecular weight is 354 g/mol. The molecule has 2 aromatic heterocycles. The van der Waals surface area contributed by atoms with Crippen molar-refractivity contribution in [2.24, 2.45) is 7.05 Å². The number of likely N-dealkylation sites (tertiary alicyclic amines) is 1. The van der Waals surface area contributed by atoms with E-state index in [1.165, 1.54) is 5.56 Å². The van der Waals surface area contributed by atoms with Crippen molar-refractivity contribution in [3.05, 3.63) is 54.1 Å². The van der Waals surface area contributed by atoms with Gasteiger partial charge in [0.05, 0.1) is 12.7 Å². The monoisotopic (exact) mass is 354 g/mol. The van der Waals surface area contributed by atoms with Crippen molar-refractivity contribution in [3.8, 4) is 0 Å². The number of morpholine rings is 1. The first-order chi connectivity index (χ1) is 12.7. The number of aryl methyl sites for hydroxylation is 1. The first-order valence-electron chi connectivity index (χ1n) is 9.37. The molecular weight excluding hydrogens is 328 g/mol. The third-order valence-corrected chi connectivity index (χ3v) is 5.55. The van der Waals surface area contributed by atoms with Crippen LogP contribution in [0.25, 0.3) is 0 Å². The molecule has 2 aromatic rings. The molecule has 4 rings (SSSR count). The molecular formula is C20H26N4O2. The van der Waals surface area contributed by atoms with E-state index in [0.717, 1.165) is 51.3 Å². The molecule has 6 heteroatoms. The molecule has 1 amide bonds. The zero-order valence-corrected chi connectivity index (χ0v) is 15.3. The second kappa shape index (κ2) is 7.60. The van der Waals surface area contributed by atoms with E-state index >= 15 is 0 Å². The van der Waals surface area contributed by atoms with Gasteiger partial charge in [-0.05, 0) is 36.6 Å². The van der Waals surface area contributed by atoms with E-state index in [1.54, 1.807) is 0 Å². The van der Waals surface area contributed by atoms with E-state index < -0.39 is 0 Å². The largest absolute Gasteiger partial charge is 0.375 e. The van der Waals surface area contributed by atoms with Crippen molar-refractivity contribution >= 4 is 5.91 Å². The van der Waals surface area contributed by atoms with Gasteiger partial charge >= 0.3 is 0 Å². The number of nitrogens with zero attached hydrogens (tertiary/aromatic N) is 4. The first-order valence-corrected chi connectivity index (χ1v) is 9.37. The number of rotatable bonds is 3. The molecule has 0 aliphatic carbocycles. The Labute approximate surface area is 154 Å². The molecule has 0 bridgehead atoms. The standard InChI is InChI=1S/C20H26N4O2/c1-22-9-3-5-18(22)20(25)23-10-6-17-19(7-11-23)26-13-12-24(17)15-16-4-2-8-21-14-16/h2-5,8-9,14,17,19H,6-7,10-13,15H2,1H3. The second-order valence-corrected chi connectivity index (χ2v) is 7.18. The highest BCUT2D eigenvalue weighted by Crippen LogP contribution is 2.26. The number of fused-ring (bicyclic) bond motifs is 1. The molecule has 26 heavy (non-hydrogen) atoms. The van der Waals surface area contributed by atoms with Crippen LogP contribution in [0.1, 0.15) is 28.9 Å². The maximum atomic E-state index is 12.9. The average Bonchev–Trinajstić information content (AvgIpc) is 2.97. The zero-order chi connectivity index (χ0) is 17.9. The Morgan fingerprint density at radius 2 is 2.12 bits per heavy atom. The Hall–Kier alpha value is -2.18. The van der Waals surface area contributed by atoms with Crippen molar-refractivity contribution < 1.29 is 9.53 Å². The summed E-state index contributed by atoms with van der Waals surface area (Å²) < 4.78 is 7.97. The Morgan fingerprint density at radius 1 is 1.23 bits per heavy atom. The lowest BCUT2D eigenvalue weighted by atomic mass is 10.0. The van der Waals surface area contributed by atoms with Gasteiger partial charge in [-0.2, -0.15) is 0 Å². The van der Waals surface area contributed by atoms with Crippen LogP contribution in [0.2, 0.25) is 0 Å². The minimum Gasteiger partial charge on any atom is -0.375 e. The maximum absolute atomic E-state index is 12.9. The van der Waals surface area contributed by atoms with Gasteiger partial charge in [0, 0.05) is 57.9 Å². The summed E-state index contributed by atoms with van der Waals surface area (Å²) in [5.74, 6) is 0.120. The van der Waals surface area contributed by atoms with Gasteiger partial charge in [0.2, 0.25) is 0 Å². The lowest BCUT2D eigenvalue weighted by Gasteiger charge is -2.40. The molecule has 6 nitrogen and oxygen atoms in total. The summed E-state index contributed by atoms with van der Waals surface area (Å²) in [6.07, 6.45) is 7.71. The van der Waals surface area contributed by atoms with Gasteiger partial charge < -0.3 is 14.2 Å². The fourth-order valence-corrected chi connectivity index (χ4v) is 4.13. The van der Waals surface area contributed by atoms with Crippen molar-refractivity contribution in [3.63, 3.8) is 0 Å². The van der Waals surface area contributed by atoms with Gasteiger partial charge in [-0.3, -0.25) is 14.7 Å². The lowest BCUT2D eigenvalue weighted by molar-refractivity contribution is -0.0746. The van der Waals surface area contributed by atoms with Crippen molar-refractivity contribution in [2.45, 2.75) is 31.5 Å². The van der Waals surface area contributed by atoms with Crippen LogP contribution in [0, 0.1) is 0 Å². The van der Waals surface area contributed by atoms with E-state index in [2.05, 4.69) is 16.0 Å². The summed E-state index contributed by atoms with van der Waals surface area (Å²) in [5.41, 5.74) is 1.98. The minimum atomic E-state index is 0.120. The van der Waals surface area contributed by atoms with E-state index in [-0.39, 0.29) is 12.0 Å². The van der Waals surface area contributed by atoms with E-state index in [1.807, 2.05) is 53.3 Å². The number of aromatic nitrogens is 2. The van der Waals surface area contributed by atoms with Gasteiger partial charge in [0.15, 0.2) is 0 Å². The number of hydrogen-bond acceptors (Lipinski definition) is 4. The van der Waals surface area contributed by atoms with Gasteiger partial charge in [-0.15, -0.1) is 0 Å². The molecule has 2 aliphatic rings. The molecule has 138 valence electrons. The van der Waals surface area contributed by atoms with Gasteiger partial charge in [0.1, 0.15) is 5.69 Å². The normalized spacial score (nSPS) is 24.1. The molecule has 2 aliphatic heterocycles. The Bertz CT molecular complexity index is 745. The van der Waals surface area contributed by atoms with Crippen LogP contribution in [0.3, 0.4) is 0 Å². The fraction of sp³-hybridized carbons (Fsp3) is 0.500. The van der Waals surface area contributed by atoms with Gasteiger partial charge in [-0.1, -0.05) is 6.07 Å². The van der Waals surface area contributed by atoms with Crippen LogP contribution in [-0.2, 0) is 18.3 Å². The van der Waals surface area contributed by atoms with Crippen LogP contribution < -0.4 is 0 Å². The Kier molecular flexibility index (Phi) is 5.04. The number of carbonyl (C=O) groups excluding carboxylic acids is 1. The predicted molar refractivity (Wildman–Crippen MR) is 98.7 cm³/mol. The molecule has 0 aromatic carbocycles. The summed E-state index contributed by atoms with van der Waals surface area (Å²) in [6, 6.07) is 8.28. The highest BCUT2D eigenvalue weighted by Gasteiger charge is 2.36. The Morgan fingerprint density at radius 3 is 2.88 bits per heavy atom. The molecule has 2 saturated heterocycles. The van der Waals surface area contributed by atoms with E-state index in [9.17, 15) is 4.79 Å².